The first-order valence-electron chi connectivity index (χ1n) is 6.95. The largest absolute Gasteiger partial charge is 0.394 e. The Bertz CT molecular complexity index is 355. The molecule has 2 saturated heterocycles. The van der Waals surface area contributed by atoms with Gasteiger partial charge in [-0.3, -0.25) is 0 Å². The van der Waals surface area contributed by atoms with Crippen molar-refractivity contribution in [2.75, 3.05) is 19.0 Å². The summed E-state index contributed by atoms with van der Waals surface area (Å²) >= 11 is 3.98. The lowest BCUT2D eigenvalue weighted by atomic mass is 9.98. The maximum Gasteiger partial charge on any atom is 0.187 e. The number of rotatable bonds is 4. The molecule has 0 amide bonds. The minimum atomic E-state index is -1.57. The van der Waals surface area contributed by atoms with Crippen molar-refractivity contribution in [3.63, 3.8) is 0 Å². The number of thiol groups is 1. The summed E-state index contributed by atoms with van der Waals surface area (Å²) in [5, 5.41) is 58.3. The van der Waals surface area contributed by atoms with Crippen LogP contribution in [-0.2, 0) is 14.2 Å². The molecule has 2 aliphatic rings. The van der Waals surface area contributed by atoms with Gasteiger partial charge in [-0.1, -0.05) is 0 Å². The smallest absolute Gasteiger partial charge is 0.187 e. The Morgan fingerprint density at radius 2 is 1.64 bits per heavy atom. The Morgan fingerprint density at radius 1 is 0.955 bits per heavy atom. The van der Waals surface area contributed by atoms with E-state index in [1.165, 1.54) is 0 Å². The maximum atomic E-state index is 9.97. The normalized spacial score (nSPS) is 50.0. The van der Waals surface area contributed by atoms with Gasteiger partial charge in [-0.25, -0.2) is 0 Å². The Morgan fingerprint density at radius 3 is 2.23 bits per heavy atom. The van der Waals surface area contributed by atoms with Crippen molar-refractivity contribution >= 4 is 12.6 Å². The topological polar surface area (TPSA) is 149 Å². The summed E-state index contributed by atoms with van der Waals surface area (Å²) in [4.78, 5) is 0. The molecule has 0 aliphatic carbocycles. The highest BCUT2D eigenvalue weighted by Gasteiger charge is 2.48. The third-order valence-corrected chi connectivity index (χ3v) is 4.26. The first-order chi connectivity index (χ1) is 10.4. The zero-order valence-corrected chi connectivity index (χ0v) is 12.6. The molecule has 0 bridgehead atoms. The molecule has 0 aromatic carbocycles. The molecule has 22 heavy (non-hydrogen) atoms. The van der Waals surface area contributed by atoms with Gasteiger partial charge in [-0.15, -0.1) is 0 Å². The van der Waals surface area contributed by atoms with Crippen molar-refractivity contribution in [3.05, 3.63) is 0 Å². The number of aliphatic hydroxyl groups excluding tert-OH is 6. The van der Waals surface area contributed by atoms with Crippen LogP contribution >= 0.6 is 12.6 Å². The maximum absolute atomic E-state index is 9.97. The first-order valence-corrected chi connectivity index (χ1v) is 7.58. The van der Waals surface area contributed by atoms with Crippen molar-refractivity contribution in [1.29, 1.82) is 0 Å². The summed E-state index contributed by atoms with van der Waals surface area (Å²) in [6, 6.07) is 0. The van der Waals surface area contributed by atoms with Gasteiger partial charge in [0, 0.05) is 5.75 Å². The Kier molecular flexibility index (Phi) is 6.42. The van der Waals surface area contributed by atoms with Gasteiger partial charge in [0.1, 0.15) is 42.7 Å². The van der Waals surface area contributed by atoms with Crippen LogP contribution in [0.1, 0.15) is 0 Å². The number of ether oxygens (including phenoxy) is 3. The monoisotopic (exact) mass is 342 g/mol. The fourth-order valence-corrected chi connectivity index (χ4v) is 2.82. The van der Waals surface area contributed by atoms with Gasteiger partial charge in [0.05, 0.1) is 19.3 Å². The lowest BCUT2D eigenvalue weighted by molar-refractivity contribution is -0.330. The molecule has 4 unspecified atom stereocenters. The zero-order valence-electron chi connectivity index (χ0n) is 11.7. The van der Waals surface area contributed by atoms with Crippen LogP contribution in [-0.4, -0.2) is 105 Å². The third-order valence-electron chi connectivity index (χ3n) is 3.90. The van der Waals surface area contributed by atoms with Crippen LogP contribution in [0.5, 0.6) is 0 Å². The molecule has 2 rings (SSSR count). The summed E-state index contributed by atoms with van der Waals surface area (Å²) in [6.07, 6.45) is -11.4. The van der Waals surface area contributed by atoms with Gasteiger partial charge in [0.25, 0.3) is 0 Å². The van der Waals surface area contributed by atoms with Crippen molar-refractivity contribution in [2.45, 2.75) is 55.1 Å². The minimum Gasteiger partial charge on any atom is -0.394 e. The van der Waals surface area contributed by atoms with Crippen LogP contribution in [0.25, 0.3) is 0 Å². The molecule has 9 nitrogen and oxygen atoms in total. The van der Waals surface area contributed by atoms with E-state index in [2.05, 4.69) is 12.6 Å². The van der Waals surface area contributed by atoms with Gasteiger partial charge in [0.15, 0.2) is 6.29 Å². The molecular formula is C12H22O9S. The van der Waals surface area contributed by atoms with Crippen LogP contribution in [0.2, 0.25) is 0 Å². The zero-order chi connectivity index (χ0) is 16.4. The van der Waals surface area contributed by atoms with E-state index in [1.807, 2.05) is 0 Å². The van der Waals surface area contributed by atoms with E-state index in [-0.39, 0.29) is 12.4 Å². The number of hydrogen-bond acceptors (Lipinski definition) is 10. The fourth-order valence-electron chi connectivity index (χ4n) is 2.51. The SMILES string of the molecule is OCC1OCC(O)[C@@H](O)[C@@H]1O[C@@H]1OC(CS)[C@H](O)C(O)[C@@H]1O. The second-order valence-electron chi connectivity index (χ2n) is 5.41. The lowest BCUT2D eigenvalue weighted by Gasteiger charge is -2.44. The fraction of sp³-hybridized carbons (Fsp3) is 1.00. The number of aliphatic hydroxyl groups is 6. The molecule has 0 spiro atoms. The minimum absolute atomic E-state index is 0.0700. The molecule has 0 aromatic heterocycles. The Balaban J connectivity index is 2.09. The van der Waals surface area contributed by atoms with Crippen LogP contribution < -0.4 is 0 Å². The van der Waals surface area contributed by atoms with E-state index in [0.717, 1.165) is 0 Å². The Labute approximate surface area is 132 Å². The molecule has 0 saturated carbocycles. The molecule has 2 fully saturated rings. The van der Waals surface area contributed by atoms with Crippen LogP contribution in [0.15, 0.2) is 0 Å². The summed E-state index contributed by atoms with van der Waals surface area (Å²) in [7, 11) is 0. The molecule has 10 heteroatoms. The molecule has 2 aliphatic heterocycles. The molecule has 9 atom stereocenters. The molecule has 130 valence electrons. The van der Waals surface area contributed by atoms with E-state index < -0.39 is 61.7 Å². The van der Waals surface area contributed by atoms with Crippen LogP contribution in [0, 0.1) is 0 Å². The molecule has 0 radical (unpaired) electrons. The summed E-state index contributed by atoms with van der Waals surface area (Å²) in [5.41, 5.74) is 0. The van der Waals surface area contributed by atoms with Gasteiger partial charge in [-0.05, 0) is 0 Å². The Hall–Kier alpha value is -0.0100. The first kappa shape index (κ1) is 18.3. The standard InChI is InChI=1S/C12H22O9S/c13-1-5-11(7(15)4(14)2-19-5)21-12-10(18)9(17)8(16)6(3-22)20-12/h4-18,22H,1-3H2/t4?,5?,6?,7-,8+,9?,10+,11-,12+/m1/s1. The third kappa shape index (κ3) is 3.56. The van der Waals surface area contributed by atoms with Crippen molar-refractivity contribution in [3.8, 4) is 0 Å². The van der Waals surface area contributed by atoms with Gasteiger partial charge in [-0.2, -0.15) is 12.6 Å². The predicted molar refractivity (Wildman–Crippen MR) is 74.2 cm³/mol. The average Bonchev–Trinajstić information content (AvgIpc) is 2.52. The highest BCUT2D eigenvalue weighted by molar-refractivity contribution is 7.80. The predicted octanol–water partition coefficient (Wildman–Crippen LogP) is -3.78. The summed E-state index contributed by atoms with van der Waals surface area (Å²) in [6.45, 7) is -0.640. The van der Waals surface area contributed by atoms with Crippen molar-refractivity contribution in [2.24, 2.45) is 0 Å². The number of hydrogen-bond donors (Lipinski definition) is 7. The lowest BCUT2D eigenvalue weighted by Crippen LogP contribution is -2.62. The quantitative estimate of drug-likeness (QED) is 0.256. The van der Waals surface area contributed by atoms with Gasteiger partial charge in [0.2, 0.25) is 0 Å². The highest BCUT2D eigenvalue weighted by Crippen LogP contribution is 2.27. The van der Waals surface area contributed by atoms with E-state index in [0.29, 0.717) is 0 Å². The van der Waals surface area contributed by atoms with E-state index in [1.54, 1.807) is 0 Å². The highest BCUT2D eigenvalue weighted by atomic mass is 32.1. The van der Waals surface area contributed by atoms with Crippen molar-refractivity contribution < 1.29 is 44.8 Å². The van der Waals surface area contributed by atoms with Crippen LogP contribution in [0.4, 0.5) is 0 Å². The van der Waals surface area contributed by atoms with E-state index >= 15 is 0 Å². The molecule has 2 heterocycles. The van der Waals surface area contributed by atoms with Crippen LogP contribution in [0.3, 0.4) is 0 Å². The van der Waals surface area contributed by atoms with Crippen molar-refractivity contribution in [1.82, 2.24) is 0 Å². The van der Waals surface area contributed by atoms with E-state index in [4.69, 9.17) is 14.2 Å². The molecule has 0 aromatic rings. The summed E-state index contributed by atoms with van der Waals surface area (Å²) in [5.74, 6) is 0.0700. The second kappa shape index (κ2) is 7.71. The molecule has 6 N–H and O–H groups in total. The molecular weight excluding hydrogens is 320 g/mol. The van der Waals surface area contributed by atoms with Gasteiger partial charge >= 0.3 is 0 Å². The van der Waals surface area contributed by atoms with Gasteiger partial charge < -0.3 is 44.8 Å². The summed E-state index contributed by atoms with van der Waals surface area (Å²) < 4.78 is 15.9. The van der Waals surface area contributed by atoms with E-state index in [9.17, 15) is 30.6 Å². The second-order valence-corrected chi connectivity index (χ2v) is 5.78. The average molecular weight is 342 g/mol.